The Kier molecular flexibility index (Phi) is 4.56. The van der Waals surface area contributed by atoms with Crippen molar-refractivity contribution in [1.82, 2.24) is 9.88 Å². The van der Waals surface area contributed by atoms with Gasteiger partial charge in [-0.1, -0.05) is 18.2 Å². The normalized spacial score (nSPS) is 21.8. The van der Waals surface area contributed by atoms with E-state index < -0.39 is 0 Å². The molecule has 2 aromatic rings. The molecule has 6 heteroatoms. The fourth-order valence-electron chi connectivity index (χ4n) is 4.21. The van der Waals surface area contributed by atoms with Crippen LogP contribution in [0.2, 0.25) is 0 Å². The topological polar surface area (TPSA) is 82.3 Å². The fourth-order valence-corrected chi connectivity index (χ4v) is 4.21. The van der Waals surface area contributed by atoms with E-state index in [-0.39, 0.29) is 29.3 Å². The van der Waals surface area contributed by atoms with Gasteiger partial charge >= 0.3 is 0 Å². The molecule has 2 aliphatic rings. The number of fused-ring (bicyclic) bond motifs is 1. The molecule has 2 heterocycles. The van der Waals surface area contributed by atoms with Crippen molar-refractivity contribution in [2.24, 2.45) is 5.92 Å². The van der Waals surface area contributed by atoms with E-state index in [9.17, 15) is 14.4 Å². The minimum Gasteiger partial charge on any atom is -0.331 e. The first-order valence-electron chi connectivity index (χ1n) is 9.42. The lowest BCUT2D eigenvalue weighted by Gasteiger charge is -2.34. The molecule has 2 N–H and O–H groups in total. The van der Waals surface area contributed by atoms with E-state index in [2.05, 4.69) is 10.3 Å². The summed E-state index contributed by atoms with van der Waals surface area (Å²) in [5, 5.41) is 2.79. The molecule has 27 heavy (non-hydrogen) atoms. The van der Waals surface area contributed by atoms with E-state index in [0.29, 0.717) is 12.4 Å². The van der Waals surface area contributed by atoms with Crippen LogP contribution in [0.4, 0.5) is 5.82 Å². The highest BCUT2D eigenvalue weighted by atomic mass is 16.2. The SMILES string of the molecule is Cc1cccc2c1CN(C1CCC(C(=O)Nc3cccc(=O)[nH]3)CC1)C2=O. The summed E-state index contributed by atoms with van der Waals surface area (Å²) >= 11 is 0. The first kappa shape index (κ1) is 17.5. The number of aromatic nitrogens is 1. The highest BCUT2D eigenvalue weighted by Crippen LogP contribution is 2.34. The number of anilines is 1. The molecular formula is C21H23N3O3. The van der Waals surface area contributed by atoms with Gasteiger partial charge in [-0.25, -0.2) is 0 Å². The summed E-state index contributed by atoms with van der Waals surface area (Å²) in [6.07, 6.45) is 3.13. The van der Waals surface area contributed by atoms with Crippen molar-refractivity contribution in [1.29, 1.82) is 0 Å². The van der Waals surface area contributed by atoms with Gasteiger partial charge < -0.3 is 15.2 Å². The molecule has 1 fully saturated rings. The van der Waals surface area contributed by atoms with Gasteiger partial charge in [-0.3, -0.25) is 14.4 Å². The minimum atomic E-state index is -0.237. The van der Waals surface area contributed by atoms with Crippen LogP contribution >= 0.6 is 0 Å². The molecule has 0 radical (unpaired) electrons. The summed E-state index contributed by atoms with van der Waals surface area (Å²) in [5.74, 6) is 0.382. The average Bonchev–Trinajstić information content (AvgIpc) is 3.00. The lowest BCUT2D eigenvalue weighted by Crippen LogP contribution is -2.40. The third-order valence-electron chi connectivity index (χ3n) is 5.76. The van der Waals surface area contributed by atoms with Gasteiger partial charge in [-0.05, 0) is 55.9 Å². The van der Waals surface area contributed by atoms with Crippen molar-refractivity contribution in [3.05, 3.63) is 63.4 Å². The molecule has 0 spiro atoms. The monoisotopic (exact) mass is 365 g/mol. The van der Waals surface area contributed by atoms with Gasteiger partial charge in [0.25, 0.3) is 5.91 Å². The van der Waals surface area contributed by atoms with Crippen LogP contribution in [0.5, 0.6) is 0 Å². The predicted molar refractivity (Wildman–Crippen MR) is 102 cm³/mol. The van der Waals surface area contributed by atoms with Crippen LogP contribution in [0, 0.1) is 12.8 Å². The largest absolute Gasteiger partial charge is 0.331 e. The number of aromatic amines is 1. The van der Waals surface area contributed by atoms with Crippen LogP contribution in [0.3, 0.4) is 0 Å². The number of nitrogens with one attached hydrogen (secondary N) is 2. The Balaban J connectivity index is 1.37. The van der Waals surface area contributed by atoms with E-state index in [4.69, 9.17) is 0 Å². The number of rotatable bonds is 3. The minimum absolute atomic E-state index is 0.0674. The molecule has 1 aliphatic heterocycles. The molecule has 1 aromatic heterocycles. The van der Waals surface area contributed by atoms with Crippen molar-refractivity contribution in [3.63, 3.8) is 0 Å². The average molecular weight is 365 g/mol. The Morgan fingerprint density at radius 3 is 2.52 bits per heavy atom. The molecule has 1 aromatic carbocycles. The molecule has 140 valence electrons. The second-order valence-corrected chi connectivity index (χ2v) is 7.46. The van der Waals surface area contributed by atoms with Crippen LogP contribution in [-0.2, 0) is 11.3 Å². The Labute approximate surface area is 157 Å². The number of amides is 2. The Bertz CT molecular complexity index is 942. The number of carbonyl (C=O) groups excluding carboxylic acids is 2. The van der Waals surface area contributed by atoms with E-state index in [1.165, 1.54) is 6.07 Å². The smallest absolute Gasteiger partial charge is 0.254 e. The quantitative estimate of drug-likeness (QED) is 0.877. The number of nitrogens with zero attached hydrogens (tertiary/aromatic N) is 1. The standard InChI is InChI=1S/C21H23N3O3/c1-13-4-2-5-16-17(13)12-24(21(16)27)15-10-8-14(9-11-15)20(26)23-18-6-3-7-19(25)22-18/h2-7,14-15H,8-12H2,1H3,(H2,22,23,25,26). The van der Waals surface area contributed by atoms with Gasteiger partial charge in [-0.2, -0.15) is 0 Å². The zero-order valence-corrected chi connectivity index (χ0v) is 15.3. The summed E-state index contributed by atoms with van der Waals surface area (Å²) < 4.78 is 0. The van der Waals surface area contributed by atoms with Crippen molar-refractivity contribution < 1.29 is 9.59 Å². The highest BCUT2D eigenvalue weighted by molar-refractivity contribution is 5.99. The third-order valence-corrected chi connectivity index (χ3v) is 5.76. The van der Waals surface area contributed by atoms with Crippen molar-refractivity contribution >= 4 is 17.6 Å². The summed E-state index contributed by atoms with van der Waals surface area (Å²) in [4.78, 5) is 41.2. The van der Waals surface area contributed by atoms with Gasteiger partial charge in [-0.15, -0.1) is 0 Å². The van der Waals surface area contributed by atoms with Gasteiger partial charge in [0.15, 0.2) is 0 Å². The highest BCUT2D eigenvalue weighted by Gasteiger charge is 2.36. The van der Waals surface area contributed by atoms with Gasteiger partial charge in [0.05, 0.1) is 0 Å². The number of pyridine rings is 1. The second kappa shape index (κ2) is 7.02. The first-order chi connectivity index (χ1) is 13.0. The lowest BCUT2D eigenvalue weighted by atomic mass is 9.84. The van der Waals surface area contributed by atoms with Crippen LogP contribution in [-0.4, -0.2) is 27.7 Å². The molecule has 0 saturated heterocycles. The predicted octanol–water partition coefficient (Wildman–Crippen LogP) is 2.84. The molecule has 0 unspecified atom stereocenters. The van der Waals surface area contributed by atoms with Gasteiger partial charge in [0.2, 0.25) is 11.5 Å². The molecule has 0 atom stereocenters. The third kappa shape index (κ3) is 3.39. The molecule has 4 rings (SSSR count). The first-order valence-corrected chi connectivity index (χ1v) is 9.42. The summed E-state index contributed by atoms with van der Waals surface area (Å²) in [7, 11) is 0. The number of hydrogen-bond donors (Lipinski definition) is 2. The van der Waals surface area contributed by atoms with Crippen molar-refractivity contribution in [2.75, 3.05) is 5.32 Å². The molecule has 1 saturated carbocycles. The summed E-state index contributed by atoms with van der Waals surface area (Å²) in [5.41, 5.74) is 2.88. The molecule has 2 amide bonds. The van der Waals surface area contributed by atoms with Gasteiger partial charge in [0, 0.05) is 30.1 Å². The maximum Gasteiger partial charge on any atom is 0.254 e. The zero-order chi connectivity index (χ0) is 19.0. The molecular weight excluding hydrogens is 342 g/mol. The van der Waals surface area contributed by atoms with Gasteiger partial charge in [0.1, 0.15) is 5.82 Å². The van der Waals surface area contributed by atoms with Crippen molar-refractivity contribution in [2.45, 2.75) is 45.2 Å². The van der Waals surface area contributed by atoms with Crippen molar-refractivity contribution in [3.8, 4) is 0 Å². The van der Waals surface area contributed by atoms with E-state index in [1.54, 1.807) is 12.1 Å². The van der Waals surface area contributed by atoms with E-state index >= 15 is 0 Å². The number of carbonyl (C=O) groups is 2. The maximum atomic E-state index is 12.7. The number of hydrogen-bond acceptors (Lipinski definition) is 3. The van der Waals surface area contributed by atoms with Crippen LogP contribution in [0.25, 0.3) is 0 Å². The molecule has 0 bridgehead atoms. The zero-order valence-electron chi connectivity index (χ0n) is 15.3. The fraction of sp³-hybridized carbons (Fsp3) is 0.381. The van der Waals surface area contributed by atoms with E-state index in [1.807, 2.05) is 30.0 Å². The number of benzene rings is 1. The van der Waals surface area contributed by atoms with Crippen LogP contribution in [0.15, 0.2) is 41.2 Å². The van der Waals surface area contributed by atoms with Crippen LogP contribution in [0.1, 0.15) is 47.2 Å². The molecule has 1 aliphatic carbocycles. The Hall–Kier alpha value is -2.89. The lowest BCUT2D eigenvalue weighted by molar-refractivity contribution is -0.121. The summed E-state index contributed by atoms with van der Waals surface area (Å²) in [6.45, 7) is 2.72. The number of H-pyrrole nitrogens is 1. The molecule has 6 nitrogen and oxygen atoms in total. The Morgan fingerprint density at radius 2 is 1.81 bits per heavy atom. The summed E-state index contributed by atoms with van der Waals surface area (Å²) in [6, 6.07) is 10.8. The Morgan fingerprint density at radius 1 is 1.07 bits per heavy atom. The van der Waals surface area contributed by atoms with E-state index in [0.717, 1.165) is 42.4 Å². The maximum absolute atomic E-state index is 12.7. The van der Waals surface area contributed by atoms with Crippen LogP contribution < -0.4 is 10.9 Å². The second-order valence-electron chi connectivity index (χ2n) is 7.46. The number of aryl methyl sites for hydroxylation is 1.